The zero-order valence-electron chi connectivity index (χ0n) is 13.7. The first-order valence-corrected chi connectivity index (χ1v) is 6.96. The van der Waals surface area contributed by atoms with Crippen molar-refractivity contribution in [2.24, 2.45) is 0 Å². The van der Waals surface area contributed by atoms with Gasteiger partial charge in [-0.25, -0.2) is 0 Å². The molecule has 0 fully saturated rings. The molecule has 0 heterocycles. The van der Waals surface area contributed by atoms with Crippen LogP contribution in [0, 0.1) is 13.8 Å². The summed E-state index contributed by atoms with van der Waals surface area (Å²) in [5.74, 6) is 0. The number of fused-ring (bicyclic) bond motifs is 2. The Balaban J connectivity index is 0. The van der Waals surface area contributed by atoms with Gasteiger partial charge in [0.05, 0.1) is 0 Å². The molecular formula is C20H18Cl2Zr2+4. The van der Waals surface area contributed by atoms with E-state index >= 15 is 0 Å². The fraction of sp³-hybridized carbons (Fsp3) is 0.100. The van der Waals surface area contributed by atoms with Crippen molar-refractivity contribution in [2.75, 3.05) is 0 Å². The maximum atomic E-state index is 2.20. The predicted octanol–water partition coefficient (Wildman–Crippen LogP) is -0.263. The summed E-state index contributed by atoms with van der Waals surface area (Å²) in [5, 5.41) is 5.37. The molecule has 0 amide bonds. The van der Waals surface area contributed by atoms with Crippen molar-refractivity contribution in [3.63, 3.8) is 0 Å². The van der Waals surface area contributed by atoms with E-state index in [-0.39, 0.29) is 77.2 Å². The third-order valence-corrected chi connectivity index (χ3v) is 3.59. The quantitative estimate of drug-likeness (QED) is 0.286. The molecule has 0 atom stereocenters. The van der Waals surface area contributed by atoms with Crippen molar-refractivity contribution < 1.29 is 77.2 Å². The van der Waals surface area contributed by atoms with Gasteiger partial charge < -0.3 is 24.8 Å². The summed E-state index contributed by atoms with van der Waals surface area (Å²) < 4.78 is 0. The largest absolute Gasteiger partial charge is 4.00 e. The van der Waals surface area contributed by atoms with E-state index in [9.17, 15) is 0 Å². The van der Waals surface area contributed by atoms with Gasteiger partial charge in [-0.1, -0.05) is 11.1 Å². The minimum Gasteiger partial charge on any atom is -1.00 e. The molecule has 0 aromatic heterocycles. The van der Waals surface area contributed by atoms with Crippen molar-refractivity contribution in [3.8, 4) is 0 Å². The Kier molecular flexibility index (Phi) is 13.5. The van der Waals surface area contributed by atoms with Crippen LogP contribution < -0.4 is 24.8 Å². The third-order valence-electron chi connectivity index (χ3n) is 3.59. The van der Waals surface area contributed by atoms with Crippen LogP contribution in [-0.4, -0.2) is 0 Å². The van der Waals surface area contributed by atoms with E-state index in [0.717, 1.165) is 0 Å². The van der Waals surface area contributed by atoms with Crippen LogP contribution in [0.2, 0.25) is 0 Å². The van der Waals surface area contributed by atoms with E-state index in [2.05, 4.69) is 86.6 Å². The van der Waals surface area contributed by atoms with Crippen LogP contribution in [0.1, 0.15) is 11.1 Å². The molecule has 116 valence electrons. The van der Waals surface area contributed by atoms with Gasteiger partial charge in [0.2, 0.25) is 0 Å². The number of rotatable bonds is 0. The zero-order valence-corrected chi connectivity index (χ0v) is 20.1. The van der Waals surface area contributed by atoms with Crippen molar-refractivity contribution in [1.82, 2.24) is 0 Å². The number of hydrogen-bond acceptors (Lipinski definition) is 0. The van der Waals surface area contributed by atoms with E-state index in [0.29, 0.717) is 0 Å². The number of hydrogen-bond donors (Lipinski definition) is 0. The molecule has 0 unspecified atom stereocenters. The van der Waals surface area contributed by atoms with Crippen LogP contribution in [0.3, 0.4) is 0 Å². The first kappa shape index (κ1) is 26.2. The molecule has 0 saturated carbocycles. The smallest absolute Gasteiger partial charge is 1.00 e. The van der Waals surface area contributed by atoms with Gasteiger partial charge in [0.25, 0.3) is 0 Å². The topological polar surface area (TPSA) is 0 Å². The van der Waals surface area contributed by atoms with Crippen LogP contribution in [0.25, 0.3) is 21.5 Å². The summed E-state index contributed by atoms with van der Waals surface area (Å²) >= 11 is 0. The summed E-state index contributed by atoms with van der Waals surface area (Å²) in [6.45, 7) is 4.24. The summed E-state index contributed by atoms with van der Waals surface area (Å²) in [4.78, 5) is 0. The Morgan fingerprint density at radius 3 is 1.33 bits per heavy atom. The van der Waals surface area contributed by atoms with Gasteiger partial charge in [-0.05, 0) is 13.8 Å². The molecule has 0 saturated heterocycles. The molecule has 0 nitrogen and oxygen atoms in total. The van der Waals surface area contributed by atoms with Crippen LogP contribution in [0.4, 0.5) is 0 Å². The molecule has 24 heavy (non-hydrogen) atoms. The van der Waals surface area contributed by atoms with Crippen molar-refractivity contribution >= 4 is 21.5 Å². The minimum absolute atomic E-state index is 0. The number of aryl methyl sites for hydroxylation is 2. The molecule has 0 N–H and O–H groups in total. The SMILES string of the molecule is Cc1ccc2[cH-]ccc2c1.Cc1ccc2[cH-]ccc2c1.[Cl-].[Cl-].[Zr+4].[Zr+4]. The van der Waals surface area contributed by atoms with Gasteiger partial charge in [-0.2, -0.15) is 35.0 Å². The summed E-state index contributed by atoms with van der Waals surface area (Å²) in [7, 11) is 0. The minimum atomic E-state index is 0. The summed E-state index contributed by atoms with van der Waals surface area (Å²) in [6.07, 6.45) is 0. The van der Waals surface area contributed by atoms with Gasteiger partial charge in [0, 0.05) is 0 Å². The van der Waals surface area contributed by atoms with Crippen LogP contribution in [0.5, 0.6) is 0 Å². The second-order valence-corrected chi connectivity index (χ2v) is 5.32. The van der Waals surface area contributed by atoms with Crippen molar-refractivity contribution in [3.05, 3.63) is 83.9 Å². The second-order valence-electron chi connectivity index (χ2n) is 5.32. The monoisotopic (exact) mass is 508 g/mol. The van der Waals surface area contributed by atoms with E-state index in [1.54, 1.807) is 0 Å². The van der Waals surface area contributed by atoms with Gasteiger partial charge in [0.1, 0.15) is 0 Å². The molecule has 0 aliphatic heterocycles. The fourth-order valence-electron chi connectivity index (χ4n) is 2.49. The maximum absolute atomic E-state index is 2.20. The zero-order chi connectivity index (χ0) is 13.9. The Morgan fingerprint density at radius 2 is 0.958 bits per heavy atom. The standard InChI is InChI=1S/2C10H9.2ClH.2Zr/c2*1-8-5-6-9-3-2-4-10(9)7-8;;;;/h2*2-7H,1H3;2*1H;;/q2*-1;;;2*+4/p-2. The average molecular weight is 512 g/mol. The number of halogens is 2. The Bertz CT molecular complexity index is 775. The number of benzene rings is 2. The van der Waals surface area contributed by atoms with Gasteiger partial charge in [-0.3, -0.25) is 0 Å². The fourth-order valence-corrected chi connectivity index (χ4v) is 2.49. The van der Waals surface area contributed by atoms with Gasteiger partial charge >= 0.3 is 52.4 Å². The summed E-state index contributed by atoms with van der Waals surface area (Å²) in [5.41, 5.74) is 2.66. The van der Waals surface area contributed by atoms with E-state index in [4.69, 9.17) is 0 Å². The Morgan fingerprint density at radius 1 is 0.583 bits per heavy atom. The normalized spacial score (nSPS) is 8.75. The Labute approximate surface area is 194 Å². The van der Waals surface area contributed by atoms with Crippen molar-refractivity contribution in [2.45, 2.75) is 13.8 Å². The van der Waals surface area contributed by atoms with Crippen molar-refractivity contribution in [1.29, 1.82) is 0 Å². The average Bonchev–Trinajstić information content (AvgIpc) is 3.06. The maximum Gasteiger partial charge on any atom is 4.00 e. The molecule has 0 bridgehead atoms. The molecular weight excluding hydrogens is 494 g/mol. The van der Waals surface area contributed by atoms with Gasteiger partial charge in [0.15, 0.2) is 0 Å². The first-order valence-electron chi connectivity index (χ1n) is 6.96. The molecule has 4 aromatic carbocycles. The molecule has 0 aliphatic rings. The molecule has 0 aliphatic carbocycles. The molecule has 4 heteroatoms. The first-order chi connectivity index (χ1) is 9.72. The van der Waals surface area contributed by atoms with Crippen LogP contribution in [0.15, 0.2) is 72.8 Å². The van der Waals surface area contributed by atoms with Crippen LogP contribution >= 0.6 is 0 Å². The van der Waals surface area contributed by atoms with E-state index < -0.39 is 0 Å². The van der Waals surface area contributed by atoms with E-state index in [1.807, 2.05) is 0 Å². The molecule has 0 radical (unpaired) electrons. The molecule has 4 rings (SSSR count). The van der Waals surface area contributed by atoms with Gasteiger partial charge in [-0.15, -0.1) is 59.3 Å². The second kappa shape index (κ2) is 12.4. The molecule has 4 aromatic rings. The predicted molar refractivity (Wildman–Crippen MR) is 88.6 cm³/mol. The third kappa shape index (κ3) is 6.72. The Hall–Kier alpha value is 0.00623. The van der Waals surface area contributed by atoms with Crippen LogP contribution in [-0.2, 0) is 52.4 Å². The molecule has 0 spiro atoms. The summed E-state index contributed by atoms with van der Waals surface area (Å²) in [6, 6.07) is 25.7. The van der Waals surface area contributed by atoms with E-state index in [1.165, 1.54) is 32.7 Å².